The predicted octanol–water partition coefficient (Wildman–Crippen LogP) is 0.789. The van der Waals surface area contributed by atoms with Crippen LogP contribution in [0.5, 0.6) is 5.88 Å². The SMILES string of the molecule is Cc1cc(OC(C)C)nc(NC2CCC(=O)NC2=O)n1. The minimum atomic E-state index is -0.499. The minimum absolute atomic E-state index is 0.00718. The third-order valence-electron chi connectivity index (χ3n) is 2.73. The summed E-state index contributed by atoms with van der Waals surface area (Å²) in [5, 5.41) is 5.22. The molecule has 0 radical (unpaired) electrons. The zero-order chi connectivity index (χ0) is 14.7. The Bertz CT molecular complexity index is 530. The molecule has 20 heavy (non-hydrogen) atoms. The number of ether oxygens (including phenoxy) is 1. The number of anilines is 1. The van der Waals surface area contributed by atoms with E-state index in [0.29, 0.717) is 24.7 Å². The number of rotatable bonds is 4. The van der Waals surface area contributed by atoms with E-state index in [-0.39, 0.29) is 17.9 Å². The van der Waals surface area contributed by atoms with Gasteiger partial charge in [-0.05, 0) is 27.2 Å². The third kappa shape index (κ3) is 3.66. The Kier molecular flexibility index (Phi) is 4.16. The van der Waals surface area contributed by atoms with Crippen molar-refractivity contribution >= 4 is 17.8 Å². The number of hydrogen-bond acceptors (Lipinski definition) is 6. The Morgan fingerprint density at radius 1 is 1.40 bits per heavy atom. The molecule has 1 aliphatic rings. The molecule has 1 atom stereocenters. The van der Waals surface area contributed by atoms with Gasteiger partial charge in [0.1, 0.15) is 6.04 Å². The lowest BCUT2D eigenvalue weighted by atomic mass is 10.1. The predicted molar refractivity (Wildman–Crippen MR) is 72.3 cm³/mol. The third-order valence-corrected chi connectivity index (χ3v) is 2.73. The van der Waals surface area contributed by atoms with E-state index in [4.69, 9.17) is 4.74 Å². The highest BCUT2D eigenvalue weighted by Crippen LogP contribution is 2.16. The number of aromatic nitrogens is 2. The Balaban J connectivity index is 2.10. The average Bonchev–Trinajstić information content (AvgIpc) is 2.31. The van der Waals surface area contributed by atoms with Crippen molar-refractivity contribution in [2.45, 2.75) is 45.8 Å². The maximum Gasteiger partial charge on any atom is 0.249 e. The summed E-state index contributed by atoms with van der Waals surface area (Å²) in [6.07, 6.45) is 0.750. The number of piperidine rings is 1. The molecular weight excluding hydrogens is 260 g/mol. The summed E-state index contributed by atoms with van der Waals surface area (Å²) in [6.45, 7) is 5.64. The lowest BCUT2D eigenvalue weighted by molar-refractivity contribution is -0.133. The number of hydrogen-bond donors (Lipinski definition) is 2. The van der Waals surface area contributed by atoms with Crippen molar-refractivity contribution in [2.75, 3.05) is 5.32 Å². The van der Waals surface area contributed by atoms with Crippen LogP contribution >= 0.6 is 0 Å². The second kappa shape index (κ2) is 5.85. The van der Waals surface area contributed by atoms with Gasteiger partial charge in [0.25, 0.3) is 0 Å². The van der Waals surface area contributed by atoms with E-state index in [2.05, 4.69) is 20.6 Å². The molecule has 2 rings (SSSR count). The van der Waals surface area contributed by atoms with Crippen LogP contribution in [0.2, 0.25) is 0 Å². The molecular formula is C13H18N4O3. The van der Waals surface area contributed by atoms with E-state index in [1.54, 1.807) is 6.07 Å². The zero-order valence-corrected chi connectivity index (χ0v) is 11.8. The van der Waals surface area contributed by atoms with Crippen molar-refractivity contribution in [1.82, 2.24) is 15.3 Å². The van der Waals surface area contributed by atoms with Crippen LogP contribution in [0.3, 0.4) is 0 Å². The molecule has 1 aromatic heterocycles. The summed E-state index contributed by atoms with van der Waals surface area (Å²) in [6, 6.07) is 1.23. The van der Waals surface area contributed by atoms with Gasteiger partial charge >= 0.3 is 0 Å². The molecule has 0 bridgehead atoms. The number of amides is 2. The molecule has 108 valence electrons. The molecule has 0 aliphatic carbocycles. The Morgan fingerprint density at radius 2 is 2.15 bits per heavy atom. The van der Waals surface area contributed by atoms with Gasteiger partial charge in [0.05, 0.1) is 6.10 Å². The van der Waals surface area contributed by atoms with Crippen molar-refractivity contribution in [3.8, 4) is 5.88 Å². The largest absolute Gasteiger partial charge is 0.475 e. The molecule has 1 saturated heterocycles. The number of carbonyl (C=O) groups excluding carboxylic acids is 2. The van der Waals surface area contributed by atoms with Gasteiger partial charge in [0, 0.05) is 18.2 Å². The fourth-order valence-electron chi connectivity index (χ4n) is 1.89. The summed E-state index contributed by atoms with van der Waals surface area (Å²) in [5.41, 5.74) is 0.741. The van der Waals surface area contributed by atoms with E-state index in [1.807, 2.05) is 20.8 Å². The van der Waals surface area contributed by atoms with Crippen molar-refractivity contribution in [1.29, 1.82) is 0 Å². The summed E-state index contributed by atoms with van der Waals surface area (Å²) < 4.78 is 5.52. The van der Waals surface area contributed by atoms with Crippen molar-refractivity contribution < 1.29 is 14.3 Å². The molecule has 0 aromatic carbocycles. The fourth-order valence-corrected chi connectivity index (χ4v) is 1.89. The van der Waals surface area contributed by atoms with Crippen molar-refractivity contribution in [3.63, 3.8) is 0 Å². The van der Waals surface area contributed by atoms with E-state index in [9.17, 15) is 9.59 Å². The highest BCUT2D eigenvalue weighted by atomic mass is 16.5. The number of nitrogens with one attached hydrogen (secondary N) is 2. The summed E-state index contributed by atoms with van der Waals surface area (Å²) in [7, 11) is 0. The van der Waals surface area contributed by atoms with Crippen LogP contribution in [-0.2, 0) is 9.59 Å². The highest BCUT2D eigenvalue weighted by molar-refractivity contribution is 6.01. The van der Waals surface area contributed by atoms with Gasteiger partial charge in [-0.3, -0.25) is 14.9 Å². The van der Waals surface area contributed by atoms with Crippen LogP contribution in [-0.4, -0.2) is 33.9 Å². The molecule has 0 spiro atoms. The first-order valence-electron chi connectivity index (χ1n) is 6.56. The molecule has 7 nitrogen and oxygen atoms in total. The molecule has 2 amide bonds. The van der Waals surface area contributed by atoms with Gasteiger partial charge in [-0.1, -0.05) is 0 Å². The lowest BCUT2D eigenvalue weighted by Crippen LogP contribution is -2.47. The second-order valence-corrected chi connectivity index (χ2v) is 4.99. The standard InChI is InChI=1S/C13H18N4O3/c1-7(2)20-11-6-8(3)14-13(17-11)15-9-4-5-10(18)16-12(9)19/h6-7,9H,4-5H2,1-3H3,(H,14,15,17)(H,16,18,19). The number of carbonyl (C=O) groups is 2. The number of nitrogens with zero attached hydrogens (tertiary/aromatic N) is 2. The first kappa shape index (κ1) is 14.2. The van der Waals surface area contributed by atoms with Crippen LogP contribution in [0.4, 0.5) is 5.95 Å². The normalized spacial score (nSPS) is 18.9. The summed E-state index contributed by atoms with van der Waals surface area (Å²) in [5.74, 6) is 0.192. The first-order chi connectivity index (χ1) is 9.44. The van der Waals surface area contributed by atoms with Gasteiger partial charge in [0.2, 0.25) is 23.6 Å². The van der Waals surface area contributed by atoms with Crippen molar-refractivity contribution in [3.05, 3.63) is 11.8 Å². The molecule has 1 aromatic rings. The van der Waals surface area contributed by atoms with Crippen LogP contribution in [0.1, 0.15) is 32.4 Å². The smallest absolute Gasteiger partial charge is 0.249 e. The molecule has 1 unspecified atom stereocenters. The van der Waals surface area contributed by atoms with Crippen LogP contribution < -0.4 is 15.4 Å². The van der Waals surface area contributed by atoms with Crippen LogP contribution in [0.25, 0.3) is 0 Å². The highest BCUT2D eigenvalue weighted by Gasteiger charge is 2.27. The van der Waals surface area contributed by atoms with E-state index >= 15 is 0 Å². The molecule has 2 heterocycles. The summed E-state index contributed by atoms with van der Waals surface area (Å²) >= 11 is 0. The Morgan fingerprint density at radius 3 is 2.80 bits per heavy atom. The molecule has 2 N–H and O–H groups in total. The van der Waals surface area contributed by atoms with Gasteiger partial charge in [-0.2, -0.15) is 4.98 Å². The maximum absolute atomic E-state index is 11.7. The molecule has 1 aliphatic heterocycles. The monoisotopic (exact) mass is 278 g/mol. The van der Waals surface area contributed by atoms with Gasteiger partial charge in [0.15, 0.2) is 0 Å². The van der Waals surface area contributed by atoms with Gasteiger partial charge in [-0.15, -0.1) is 0 Å². The van der Waals surface area contributed by atoms with E-state index < -0.39 is 6.04 Å². The second-order valence-electron chi connectivity index (χ2n) is 4.99. The van der Waals surface area contributed by atoms with E-state index in [1.165, 1.54) is 0 Å². The molecule has 0 saturated carbocycles. The van der Waals surface area contributed by atoms with Crippen LogP contribution in [0.15, 0.2) is 6.07 Å². The average molecular weight is 278 g/mol. The van der Waals surface area contributed by atoms with Crippen molar-refractivity contribution in [2.24, 2.45) is 0 Å². The lowest BCUT2D eigenvalue weighted by Gasteiger charge is -2.22. The Hall–Kier alpha value is -2.18. The fraction of sp³-hybridized carbons (Fsp3) is 0.538. The topological polar surface area (TPSA) is 93.2 Å². The zero-order valence-electron chi connectivity index (χ0n) is 11.8. The summed E-state index contributed by atoms with van der Waals surface area (Å²) in [4.78, 5) is 31.2. The van der Waals surface area contributed by atoms with Gasteiger partial charge in [-0.25, -0.2) is 4.98 Å². The maximum atomic E-state index is 11.7. The minimum Gasteiger partial charge on any atom is -0.475 e. The first-order valence-corrected chi connectivity index (χ1v) is 6.56. The van der Waals surface area contributed by atoms with E-state index in [0.717, 1.165) is 5.69 Å². The van der Waals surface area contributed by atoms with Gasteiger partial charge < -0.3 is 10.1 Å². The number of aryl methyl sites for hydroxylation is 1. The quantitative estimate of drug-likeness (QED) is 0.791. The van der Waals surface area contributed by atoms with Crippen LogP contribution in [0, 0.1) is 6.92 Å². The Labute approximate surface area is 117 Å². The number of imide groups is 1. The molecule has 1 fully saturated rings. The molecule has 7 heteroatoms.